The summed E-state index contributed by atoms with van der Waals surface area (Å²) in [6, 6.07) is 5.86. The van der Waals surface area contributed by atoms with Crippen molar-refractivity contribution in [3.05, 3.63) is 35.6 Å². The first-order valence-electron chi connectivity index (χ1n) is 7.98. The lowest BCUT2D eigenvalue weighted by Crippen LogP contribution is -2.37. The monoisotopic (exact) mass is 335 g/mol. The van der Waals surface area contributed by atoms with E-state index >= 15 is 0 Å². The molecule has 24 heavy (non-hydrogen) atoms. The molecule has 0 saturated heterocycles. The number of carbonyl (C=O) groups is 2. The van der Waals surface area contributed by atoms with Crippen LogP contribution in [0, 0.1) is 11.7 Å². The van der Waals surface area contributed by atoms with Gasteiger partial charge in [0.25, 0.3) is 5.91 Å². The molecule has 1 aliphatic heterocycles. The lowest BCUT2D eigenvalue weighted by Gasteiger charge is -2.10. The van der Waals surface area contributed by atoms with Crippen molar-refractivity contribution >= 4 is 17.5 Å². The summed E-state index contributed by atoms with van der Waals surface area (Å²) in [5, 5.41) is 9.33. The third kappa shape index (κ3) is 5.33. The fourth-order valence-corrected chi connectivity index (χ4v) is 2.15. The molecule has 0 spiro atoms. The highest BCUT2D eigenvalue weighted by atomic mass is 19.1. The van der Waals surface area contributed by atoms with Gasteiger partial charge in [-0.3, -0.25) is 9.59 Å². The van der Waals surface area contributed by atoms with E-state index in [-0.39, 0.29) is 30.6 Å². The van der Waals surface area contributed by atoms with Gasteiger partial charge in [0.05, 0.1) is 5.71 Å². The third-order valence-corrected chi connectivity index (χ3v) is 3.50. The first-order chi connectivity index (χ1) is 11.5. The van der Waals surface area contributed by atoms with Crippen molar-refractivity contribution in [2.24, 2.45) is 11.1 Å². The minimum absolute atomic E-state index is 0.0976. The molecule has 0 radical (unpaired) electrons. The Morgan fingerprint density at radius 3 is 2.67 bits per heavy atom. The summed E-state index contributed by atoms with van der Waals surface area (Å²) in [5.74, 6) is -0.354. The van der Waals surface area contributed by atoms with Gasteiger partial charge in [0.15, 0.2) is 0 Å². The van der Waals surface area contributed by atoms with Crippen LogP contribution in [0.5, 0.6) is 0 Å². The first kappa shape index (κ1) is 17.9. The zero-order valence-corrected chi connectivity index (χ0v) is 13.8. The molecule has 130 valence electrons. The summed E-state index contributed by atoms with van der Waals surface area (Å²) in [5.41, 5.74) is 1.32. The Bertz CT molecular complexity index is 614. The lowest BCUT2D eigenvalue weighted by molar-refractivity contribution is -0.131. The number of hydrogen-bond acceptors (Lipinski definition) is 4. The van der Waals surface area contributed by atoms with Gasteiger partial charge in [-0.15, -0.1) is 0 Å². The van der Waals surface area contributed by atoms with Crippen LogP contribution in [-0.4, -0.2) is 36.7 Å². The smallest absolute Gasteiger partial charge is 0.264 e. The van der Waals surface area contributed by atoms with E-state index in [0.29, 0.717) is 24.6 Å². The van der Waals surface area contributed by atoms with Crippen LogP contribution in [0.1, 0.15) is 32.3 Å². The number of amides is 2. The number of carbonyl (C=O) groups excluding carboxylic acids is 2. The molecule has 2 rings (SSSR count). The lowest BCUT2D eigenvalue weighted by atomic mass is 10.0. The van der Waals surface area contributed by atoms with Crippen molar-refractivity contribution in [3.8, 4) is 0 Å². The number of oxime groups is 1. The van der Waals surface area contributed by atoms with Crippen molar-refractivity contribution in [3.63, 3.8) is 0 Å². The SMILES string of the molecule is CC(C)CNC(=O)CCNC(=O)[C@H]1CC(c2ccc(F)cc2)=NO1. The average Bonchev–Trinajstić information content (AvgIpc) is 3.03. The van der Waals surface area contributed by atoms with Gasteiger partial charge in [-0.1, -0.05) is 31.1 Å². The molecule has 1 heterocycles. The standard InChI is InChI=1S/C17H22FN3O3/c1-11(2)10-20-16(22)7-8-19-17(23)15-9-14(21-24-15)12-3-5-13(18)6-4-12/h3-6,11,15H,7-10H2,1-2H3,(H,19,23)(H,20,22)/t15-/m1/s1. The molecular formula is C17H22FN3O3. The molecule has 0 fully saturated rings. The van der Waals surface area contributed by atoms with Crippen molar-refractivity contribution in [1.82, 2.24) is 10.6 Å². The molecule has 0 unspecified atom stereocenters. The summed E-state index contributed by atoms with van der Waals surface area (Å²) in [7, 11) is 0. The number of benzene rings is 1. The van der Waals surface area contributed by atoms with Crippen LogP contribution >= 0.6 is 0 Å². The van der Waals surface area contributed by atoms with E-state index < -0.39 is 6.10 Å². The van der Waals surface area contributed by atoms with Gasteiger partial charge >= 0.3 is 0 Å². The molecule has 7 heteroatoms. The zero-order valence-electron chi connectivity index (χ0n) is 13.8. The molecule has 2 amide bonds. The number of halogens is 1. The minimum atomic E-state index is -0.719. The molecule has 1 aromatic rings. The summed E-state index contributed by atoms with van der Waals surface area (Å²) < 4.78 is 12.9. The predicted molar refractivity (Wildman–Crippen MR) is 87.9 cm³/mol. The fourth-order valence-electron chi connectivity index (χ4n) is 2.15. The number of rotatable bonds is 7. The van der Waals surface area contributed by atoms with Crippen molar-refractivity contribution in [2.75, 3.05) is 13.1 Å². The molecule has 0 bridgehead atoms. The van der Waals surface area contributed by atoms with E-state index in [1.165, 1.54) is 12.1 Å². The largest absolute Gasteiger partial charge is 0.382 e. The number of hydrogen-bond donors (Lipinski definition) is 2. The predicted octanol–water partition coefficient (Wildman–Crippen LogP) is 1.60. The Kier molecular flexibility index (Phi) is 6.28. The zero-order chi connectivity index (χ0) is 17.5. The summed E-state index contributed by atoms with van der Waals surface area (Å²) in [6.45, 7) is 4.89. The topological polar surface area (TPSA) is 79.8 Å². The highest BCUT2D eigenvalue weighted by molar-refractivity contribution is 6.04. The van der Waals surface area contributed by atoms with Crippen LogP contribution in [0.2, 0.25) is 0 Å². The average molecular weight is 335 g/mol. The highest BCUT2D eigenvalue weighted by Gasteiger charge is 2.28. The van der Waals surface area contributed by atoms with Crippen molar-refractivity contribution in [1.29, 1.82) is 0 Å². The maximum Gasteiger partial charge on any atom is 0.264 e. The van der Waals surface area contributed by atoms with E-state index in [1.807, 2.05) is 13.8 Å². The number of nitrogens with one attached hydrogen (secondary N) is 2. The second-order valence-electron chi connectivity index (χ2n) is 6.08. The Morgan fingerprint density at radius 2 is 2.00 bits per heavy atom. The molecule has 0 saturated carbocycles. The molecule has 1 aliphatic rings. The van der Waals surface area contributed by atoms with Gasteiger partial charge in [-0.2, -0.15) is 0 Å². The molecule has 1 atom stereocenters. The van der Waals surface area contributed by atoms with Gasteiger partial charge in [0.1, 0.15) is 5.82 Å². The van der Waals surface area contributed by atoms with E-state index in [4.69, 9.17) is 4.84 Å². The van der Waals surface area contributed by atoms with E-state index in [1.54, 1.807) is 12.1 Å². The molecule has 6 nitrogen and oxygen atoms in total. The molecule has 0 aliphatic carbocycles. The van der Waals surface area contributed by atoms with Gasteiger partial charge in [0, 0.05) is 25.9 Å². The van der Waals surface area contributed by atoms with E-state index in [2.05, 4.69) is 15.8 Å². The number of nitrogens with zero attached hydrogens (tertiary/aromatic N) is 1. The van der Waals surface area contributed by atoms with Gasteiger partial charge < -0.3 is 15.5 Å². The molecular weight excluding hydrogens is 313 g/mol. The van der Waals surface area contributed by atoms with Crippen LogP contribution < -0.4 is 10.6 Å². The molecule has 0 aromatic heterocycles. The van der Waals surface area contributed by atoms with Crippen LogP contribution in [-0.2, 0) is 14.4 Å². The van der Waals surface area contributed by atoms with Crippen molar-refractivity contribution < 1.29 is 18.8 Å². The summed E-state index contributed by atoms with van der Waals surface area (Å²) in [4.78, 5) is 28.7. The minimum Gasteiger partial charge on any atom is -0.382 e. The highest BCUT2D eigenvalue weighted by Crippen LogP contribution is 2.17. The van der Waals surface area contributed by atoms with E-state index in [9.17, 15) is 14.0 Å². The summed E-state index contributed by atoms with van der Waals surface area (Å²) >= 11 is 0. The summed E-state index contributed by atoms with van der Waals surface area (Å²) in [6.07, 6.45) is -0.183. The maximum absolute atomic E-state index is 12.9. The normalized spacial score (nSPS) is 16.5. The van der Waals surface area contributed by atoms with Gasteiger partial charge in [-0.05, 0) is 23.6 Å². The second kappa shape index (κ2) is 8.42. The van der Waals surface area contributed by atoms with Crippen LogP contribution in [0.25, 0.3) is 0 Å². The van der Waals surface area contributed by atoms with Crippen LogP contribution in [0.4, 0.5) is 4.39 Å². The van der Waals surface area contributed by atoms with Crippen LogP contribution in [0.15, 0.2) is 29.4 Å². The molecule has 2 N–H and O–H groups in total. The fraction of sp³-hybridized carbons (Fsp3) is 0.471. The Morgan fingerprint density at radius 1 is 1.29 bits per heavy atom. The maximum atomic E-state index is 12.9. The second-order valence-corrected chi connectivity index (χ2v) is 6.08. The van der Waals surface area contributed by atoms with Gasteiger partial charge in [-0.25, -0.2) is 4.39 Å². The van der Waals surface area contributed by atoms with Crippen LogP contribution in [0.3, 0.4) is 0 Å². The molecule has 1 aromatic carbocycles. The Balaban J connectivity index is 1.71. The Labute approximate surface area is 140 Å². The van der Waals surface area contributed by atoms with E-state index in [0.717, 1.165) is 5.56 Å². The van der Waals surface area contributed by atoms with Gasteiger partial charge in [0.2, 0.25) is 12.0 Å². The van der Waals surface area contributed by atoms with Crippen molar-refractivity contribution in [2.45, 2.75) is 32.8 Å². The Hall–Kier alpha value is -2.44. The third-order valence-electron chi connectivity index (χ3n) is 3.50. The first-order valence-corrected chi connectivity index (χ1v) is 7.98. The quantitative estimate of drug-likeness (QED) is 0.794.